The zero-order chi connectivity index (χ0) is 17.1. The van der Waals surface area contributed by atoms with Crippen molar-refractivity contribution in [3.63, 3.8) is 0 Å². The van der Waals surface area contributed by atoms with Crippen LogP contribution in [0, 0.1) is 6.92 Å². The van der Waals surface area contributed by atoms with Gasteiger partial charge >= 0.3 is 0 Å². The van der Waals surface area contributed by atoms with Gasteiger partial charge in [0.25, 0.3) is 0 Å². The highest BCUT2D eigenvalue weighted by Gasteiger charge is 2.14. The largest absolute Gasteiger partial charge is 0.247 e. The van der Waals surface area contributed by atoms with Crippen molar-refractivity contribution >= 4 is 11.3 Å². The number of hydrogen-bond acceptors (Lipinski definition) is 2. The van der Waals surface area contributed by atoms with Gasteiger partial charge in [0.2, 0.25) is 0 Å². The first kappa shape index (κ1) is 15.8. The summed E-state index contributed by atoms with van der Waals surface area (Å²) in [6.45, 7) is 2.20. The van der Waals surface area contributed by atoms with E-state index in [0.29, 0.717) is 0 Å². The second-order valence-electron chi connectivity index (χ2n) is 6.16. The minimum Gasteiger partial charge on any atom is -0.247 e. The molecule has 0 radical (unpaired) electrons. The third-order valence-corrected chi connectivity index (χ3v) is 5.28. The molecule has 0 spiro atoms. The van der Waals surface area contributed by atoms with Gasteiger partial charge in [0, 0.05) is 5.56 Å². The lowest BCUT2D eigenvalue weighted by Crippen LogP contribution is -2.00. The van der Waals surface area contributed by atoms with Crippen LogP contribution in [0.2, 0.25) is 0 Å². The summed E-state index contributed by atoms with van der Waals surface area (Å²) in [5.74, 6) is 0. The molecule has 0 N–H and O–H groups in total. The van der Waals surface area contributed by atoms with Crippen molar-refractivity contribution in [1.82, 2.24) is 4.98 Å². The van der Waals surface area contributed by atoms with Crippen LogP contribution in [0.15, 0.2) is 84.2 Å². The first-order valence-corrected chi connectivity index (χ1v) is 9.33. The van der Waals surface area contributed by atoms with E-state index in [-0.39, 0.29) is 0 Å². The highest BCUT2D eigenvalue weighted by Crippen LogP contribution is 2.32. The molecule has 0 aliphatic carbocycles. The van der Waals surface area contributed by atoms with E-state index in [4.69, 9.17) is 4.98 Å². The summed E-state index contributed by atoms with van der Waals surface area (Å²) in [6, 6.07) is 27.6. The number of rotatable bonds is 4. The Morgan fingerprint density at radius 1 is 0.840 bits per heavy atom. The Bertz CT molecular complexity index is 958. The second-order valence-corrected chi connectivity index (χ2v) is 7.10. The van der Waals surface area contributed by atoms with Gasteiger partial charge in [-0.3, -0.25) is 0 Å². The summed E-state index contributed by atoms with van der Waals surface area (Å²) in [5.41, 5.74) is 7.23. The topological polar surface area (TPSA) is 12.9 Å². The highest BCUT2D eigenvalue weighted by atomic mass is 32.1. The Kier molecular flexibility index (Phi) is 4.45. The van der Waals surface area contributed by atoms with E-state index in [1.807, 2.05) is 0 Å². The molecular weight excluding hydrogens is 322 g/mol. The SMILES string of the molecule is Cc1cc(-c2cccs2)nc(-c2ccccc2)c1Cc1ccccc1. The molecule has 0 saturated carbocycles. The van der Waals surface area contributed by atoms with E-state index in [0.717, 1.165) is 17.8 Å². The Morgan fingerprint density at radius 3 is 2.24 bits per heavy atom. The van der Waals surface area contributed by atoms with Crippen LogP contribution in [0.4, 0.5) is 0 Å². The fourth-order valence-electron chi connectivity index (χ4n) is 3.11. The molecule has 0 atom stereocenters. The minimum absolute atomic E-state index is 0.897. The van der Waals surface area contributed by atoms with Gasteiger partial charge in [-0.05, 0) is 47.5 Å². The van der Waals surface area contributed by atoms with Gasteiger partial charge in [0.15, 0.2) is 0 Å². The van der Waals surface area contributed by atoms with Crippen LogP contribution in [0.1, 0.15) is 16.7 Å². The summed E-state index contributed by atoms with van der Waals surface area (Å²) in [5, 5.41) is 2.10. The molecule has 4 rings (SSSR count). The molecule has 0 bridgehead atoms. The van der Waals surface area contributed by atoms with Crippen LogP contribution >= 0.6 is 11.3 Å². The van der Waals surface area contributed by atoms with Crippen molar-refractivity contribution in [2.75, 3.05) is 0 Å². The molecule has 0 aliphatic rings. The fourth-order valence-corrected chi connectivity index (χ4v) is 3.79. The maximum absolute atomic E-state index is 5.05. The van der Waals surface area contributed by atoms with Gasteiger partial charge in [-0.15, -0.1) is 11.3 Å². The Hall–Kier alpha value is -2.71. The Morgan fingerprint density at radius 2 is 1.56 bits per heavy atom. The molecule has 2 aromatic heterocycles. The summed E-state index contributed by atoms with van der Waals surface area (Å²) in [7, 11) is 0. The summed E-state index contributed by atoms with van der Waals surface area (Å²) < 4.78 is 0. The average molecular weight is 341 g/mol. The van der Waals surface area contributed by atoms with E-state index in [1.54, 1.807) is 11.3 Å². The van der Waals surface area contributed by atoms with Crippen molar-refractivity contribution in [2.45, 2.75) is 13.3 Å². The Balaban J connectivity index is 1.87. The lowest BCUT2D eigenvalue weighted by molar-refractivity contribution is 1.12. The molecule has 2 heterocycles. The molecule has 122 valence electrons. The predicted octanol–water partition coefficient (Wildman–Crippen LogP) is 6.38. The predicted molar refractivity (Wildman–Crippen MR) is 107 cm³/mol. The van der Waals surface area contributed by atoms with Crippen molar-refractivity contribution in [2.24, 2.45) is 0 Å². The number of pyridine rings is 1. The van der Waals surface area contributed by atoms with E-state index in [1.165, 1.54) is 27.1 Å². The summed E-state index contributed by atoms with van der Waals surface area (Å²) in [6.07, 6.45) is 0.897. The van der Waals surface area contributed by atoms with Gasteiger partial charge in [0.1, 0.15) is 0 Å². The molecule has 2 aromatic carbocycles. The highest BCUT2D eigenvalue weighted by molar-refractivity contribution is 7.13. The first-order chi connectivity index (χ1) is 12.3. The van der Waals surface area contributed by atoms with Crippen LogP contribution in [0.3, 0.4) is 0 Å². The summed E-state index contributed by atoms with van der Waals surface area (Å²) in [4.78, 5) is 6.27. The lowest BCUT2D eigenvalue weighted by atomic mass is 9.95. The summed E-state index contributed by atoms with van der Waals surface area (Å²) >= 11 is 1.74. The van der Waals surface area contributed by atoms with Crippen LogP contribution < -0.4 is 0 Å². The molecule has 1 nitrogen and oxygen atoms in total. The standard InChI is InChI=1S/C23H19NS/c1-17-15-21(22-13-8-14-25-22)24-23(19-11-6-3-7-12-19)20(17)16-18-9-4-2-5-10-18/h2-15H,16H2,1H3. The molecule has 0 fully saturated rings. The number of benzene rings is 2. The molecule has 0 unspecified atom stereocenters. The average Bonchev–Trinajstić information content (AvgIpc) is 3.19. The van der Waals surface area contributed by atoms with Crippen molar-refractivity contribution in [1.29, 1.82) is 0 Å². The number of aryl methyl sites for hydroxylation is 1. The molecule has 4 aromatic rings. The fraction of sp³-hybridized carbons (Fsp3) is 0.0870. The zero-order valence-electron chi connectivity index (χ0n) is 14.1. The maximum Gasteiger partial charge on any atom is 0.0812 e. The lowest BCUT2D eigenvalue weighted by Gasteiger charge is -2.14. The van der Waals surface area contributed by atoms with Crippen LogP contribution in [-0.4, -0.2) is 4.98 Å². The van der Waals surface area contributed by atoms with Crippen molar-refractivity contribution in [3.05, 3.63) is 101 Å². The third-order valence-electron chi connectivity index (χ3n) is 4.39. The van der Waals surface area contributed by atoms with E-state index >= 15 is 0 Å². The number of thiophene rings is 1. The normalized spacial score (nSPS) is 10.8. The van der Waals surface area contributed by atoms with Crippen LogP contribution in [0.25, 0.3) is 21.8 Å². The van der Waals surface area contributed by atoms with Gasteiger partial charge < -0.3 is 0 Å². The van der Waals surface area contributed by atoms with Crippen molar-refractivity contribution in [3.8, 4) is 21.8 Å². The van der Waals surface area contributed by atoms with Gasteiger partial charge in [-0.1, -0.05) is 66.7 Å². The van der Waals surface area contributed by atoms with Crippen LogP contribution in [0.5, 0.6) is 0 Å². The van der Waals surface area contributed by atoms with Gasteiger partial charge in [-0.2, -0.15) is 0 Å². The number of nitrogens with zero attached hydrogens (tertiary/aromatic N) is 1. The quantitative estimate of drug-likeness (QED) is 0.420. The third kappa shape index (κ3) is 3.40. The second kappa shape index (κ2) is 7.04. The number of aromatic nitrogens is 1. The van der Waals surface area contributed by atoms with Gasteiger partial charge in [0.05, 0.1) is 16.3 Å². The first-order valence-electron chi connectivity index (χ1n) is 8.45. The molecular formula is C23H19NS. The zero-order valence-corrected chi connectivity index (χ0v) is 15.0. The van der Waals surface area contributed by atoms with E-state index in [9.17, 15) is 0 Å². The number of hydrogen-bond donors (Lipinski definition) is 0. The minimum atomic E-state index is 0.897. The van der Waals surface area contributed by atoms with E-state index < -0.39 is 0 Å². The molecule has 0 amide bonds. The molecule has 0 saturated heterocycles. The maximum atomic E-state index is 5.05. The smallest absolute Gasteiger partial charge is 0.0812 e. The van der Waals surface area contributed by atoms with E-state index in [2.05, 4.69) is 91.2 Å². The molecule has 25 heavy (non-hydrogen) atoms. The van der Waals surface area contributed by atoms with Crippen molar-refractivity contribution < 1.29 is 0 Å². The van der Waals surface area contributed by atoms with Gasteiger partial charge in [-0.25, -0.2) is 4.98 Å². The molecule has 2 heteroatoms. The monoisotopic (exact) mass is 341 g/mol. The van der Waals surface area contributed by atoms with Crippen LogP contribution in [-0.2, 0) is 6.42 Å². The molecule has 0 aliphatic heterocycles. The Labute approximate surface area is 152 Å².